The third-order valence-corrected chi connectivity index (χ3v) is 5.35. The number of carbonyl (C=O) groups excluding carboxylic acids is 1. The number of benzene rings is 1. The normalized spacial score (nSPS) is 17.6. The second-order valence-electron chi connectivity index (χ2n) is 6.84. The van der Waals surface area contributed by atoms with Crippen molar-refractivity contribution in [1.82, 2.24) is 14.5 Å². The van der Waals surface area contributed by atoms with Gasteiger partial charge in [-0.3, -0.25) is 14.2 Å². The molecule has 1 aromatic heterocycles. The predicted molar refractivity (Wildman–Crippen MR) is 104 cm³/mol. The number of carbonyl (C=O) groups is 1. The summed E-state index contributed by atoms with van der Waals surface area (Å²) in [6.07, 6.45) is 3.95. The lowest BCUT2D eigenvalue weighted by Gasteiger charge is -2.33. The van der Waals surface area contributed by atoms with E-state index in [1.807, 2.05) is 4.90 Å². The summed E-state index contributed by atoms with van der Waals surface area (Å²) in [4.78, 5) is 30.6. The maximum Gasteiger partial charge on any atom is 0.262 e. The van der Waals surface area contributed by atoms with Crippen LogP contribution in [-0.4, -0.2) is 46.7 Å². The summed E-state index contributed by atoms with van der Waals surface area (Å²) in [6.45, 7) is 3.95. The Morgan fingerprint density at radius 3 is 2.92 bits per heavy atom. The van der Waals surface area contributed by atoms with Gasteiger partial charge in [0, 0.05) is 38.4 Å². The zero-order valence-electron chi connectivity index (χ0n) is 15.3. The van der Waals surface area contributed by atoms with Crippen LogP contribution < -0.4 is 5.56 Å². The summed E-state index contributed by atoms with van der Waals surface area (Å²) < 4.78 is 6.95. The fourth-order valence-corrected chi connectivity index (χ4v) is 3.81. The average molecular weight is 375 g/mol. The lowest BCUT2D eigenvalue weighted by Crippen LogP contribution is -2.42. The summed E-state index contributed by atoms with van der Waals surface area (Å²) in [7, 11) is 1.63. The number of aromatic amines is 1. The highest BCUT2D eigenvalue weighted by Gasteiger charge is 2.24. The van der Waals surface area contributed by atoms with Crippen molar-refractivity contribution >= 4 is 29.0 Å². The Balaban J connectivity index is 1.94. The molecule has 0 radical (unpaired) electrons. The molecule has 1 aromatic carbocycles. The van der Waals surface area contributed by atoms with Crippen molar-refractivity contribution < 1.29 is 9.53 Å². The zero-order valence-corrected chi connectivity index (χ0v) is 16.1. The monoisotopic (exact) mass is 375 g/mol. The molecule has 1 aliphatic heterocycles. The van der Waals surface area contributed by atoms with Gasteiger partial charge < -0.3 is 14.6 Å². The molecule has 1 amide bonds. The zero-order chi connectivity index (χ0) is 18.7. The molecule has 140 valence electrons. The second kappa shape index (κ2) is 8.14. The molecule has 1 unspecified atom stereocenters. The Kier molecular flexibility index (Phi) is 5.88. The van der Waals surface area contributed by atoms with Crippen molar-refractivity contribution in [3.05, 3.63) is 38.9 Å². The standard InChI is InChI=1S/C19H25N3O3S/c1-13-6-3-4-9-21(13)17(23)14-7-8-15-16(12-14)20-19(26)22(18(15)24)10-5-11-25-2/h7-8,12-13H,3-6,9-11H2,1-2H3,(H,20,26). The molecule has 0 saturated carbocycles. The summed E-state index contributed by atoms with van der Waals surface area (Å²) in [5, 5.41) is 0.541. The van der Waals surface area contributed by atoms with Crippen molar-refractivity contribution in [2.45, 2.75) is 45.2 Å². The highest BCUT2D eigenvalue weighted by molar-refractivity contribution is 7.71. The number of hydrogen-bond donors (Lipinski definition) is 1. The van der Waals surface area contributed by atoms with Crippen LogP contribution in [0.25, 0.3) is 10.9 Å². The van der Waals surface area contributed by atoms with Gasteiger partial charge in [0.2, 0.25) is 0 Å². The number of hydrogen-bond acceptors (Lipinski definition) is 4. The van der Waals surface area contributed by atoms with Crippen LogP contribution in [0.1, 0.15) is 43.0 Å². The molecule has 6 nitrogen and oxygen atoms in total. The van der Waals surface area contributed by atoms with Crippen LogP contribution in [0.4, 0.5) is 0 Å². The number of H-pyrrole nitrogens is 1. The first-order chi connectivity index (χ1) is 12.5. The van der Waals surface area contributed by atoms with Crippen LogP contribution in [0, 0.1) is 4.77 Å². The smallest absolute Gasteiger partial charge is 0.262 e. The van der Waals surface area contributed by atoms with Crippen LogP contribution in [0.3, 0.4) is 0 Å². The van der Waals surface area contributed by atoms with Gasteiger partial charge in [0.25, 0.3) is 11.5 Å². The molecular formula is C19H25N3O3S. The number of ether oxygens (including phenoxy) is 1. The molecule has 0 aliphatic carbocycles. The molecule has 2 aromatic rings. The van der Waals surface area contributed by atoms with Gasteiger partial charge in [-0.1, -0.05) is 0 Å². The van der Waals surface area contributed by atoms with E-state index in [9.17, 15) is 9.59 Å². The van der Waals surface area contributed by atoms with Crippen molar-refractivity contribution in [3.63, 3.8) is 0 Å². The van der Waals surface area contributed by atoms with Gasteiger partial charge in [-0.2, -0.15) is 0 Å². The fraction of sp³-hybridized carbons (Fsp3) is 0.526. The summed E-state index contributed by atoms with van der Waals surface area (Å²) in [6, 6.07) is 5.45. The number of amides is 1. The lowest BCUT2D eigenvalue weighted by atomic mass is 10.0. The van der Waals surface area contributed by atoms with Gasteiger partial charge in [0.1, 0.15) is 0 Å². The fourth-order valence-electron chi connectivity index (χ4n) is 3.52. The first-order valence-electron chi connectivity index (χ1n) is 9.09. The Morgan fingerprint density at radius 2 is 2.19 bits per heavy atom. The molecule has 1 saturated heterocycles. The Hall–Kier alpha value is -1.99. The number of aromatic nitrogens is 2. The number of piperidine rings is 1. The second-order valence-corrected chi connectivity index (χ2v) is 7.22. The molecule has 2 heterocycles. The highest BCUT2D eigenvalue weighted by Crippen LogP contribution is 2.20. The van der Waals surface area contributed by atoms with Gasteiger partial charge >= 0.3 is 0 Å². The number of likely N-dealkylation sites (tertiary alicyclic amines) is 1. The average Bonchev–Trinajstić information content (AvgIpc) is 2.64. The highest BCUT2D eigenvalue weighted by atomic mass is 32.1. The first-order valence-corrected chi connectivity index (χ1v) is 9.50. The van der Waals surface area contributed by atoms with Crippen molar-refractivity contribution in [2.75, 3.05) is 20.3 Å². The van der Waals surface area contributed by atoms with Crippen LogP contribution in [-0.2, 0) is 11.3 Å². The molecule has 1 aliphatic rings. The third kappa shape index (κ3) is 3.73. The van der Waals surface area contributed by atoms with E-state index >= 15 is 0 Å². The lowest BCUT2D eigenvalue weighted by molar-refractivity contribution is 0.0636. The van der Waals surface area contributed by atoms with Crippen molar-refractivity contribution in [2.24, 2.45) is 0 Å². The number of rotatable bonds is 5. The van der Waals surface area contributed by atoms with E-state index in [0.29, 0.717) is 40.8 Å². The predicted octanol–water partition coefficient (Wildman–Crippen LogP) is 3.11. The molecule has 1 atom stereocenters. The van der Waals surface area contributed by atoms with Gasteiger partial charge in [-0.25, -0.2) is 0 Å². The Morgan fingerprint density at radius 1 is 1.38 bits per heavy atom. The topological polar surface area (TPSA) is 67.3 Å². The van der Waals surface area contributed by atoms with E-state index in [-0.39, 0.29) is 17.5 Å². The van der Waals surface area contributed by atoms with Crippen LogP contribution >= 0.6 is 12.2 Å². The maximum absolute atomic E-state index is 12.9. The van der Waals surface area contributed by atoms with E-state index in [0.717, 1.165) is 19.4 Å². The van der Waals surface area contributed by atoms with Gasteiger partial charge in [0.05, 0.1) is 10.9 Å². The number of nitrogens with one attached hydrogen (secondary N) is 1. The molecule has 1 fully saturated rings. The molecule has 7 heteroatoms. The number of methoxy groups -OCH3 is 1. The Bertz CT molecular complexity index is 918. The third-order valence-electron chi connectivity index (χ3n) is 5.02. The molecule has 0 spiro atoms. The minimum Gasteiger partial charge on any atom is -0.385 e. The van der Waals surface area contributed by atoms with E-state index < -0.39 is 0 Å². The first kappa shape index (κ1) is 18.8. The van der Waals surface area contributed by atoms with E-state index in [2.05, 4.69) is 11.9 Å². The number of nitrogens with zero attached hydrogens (tertiary/aromatic N) is 2. The Labute approximate surface area is 157 Å². The summed E-state index contributed by atoms with van der Waals surface area (Å²) >= 11 is 5.34. The minimum absolute atomic E-state index is 0.0164. The van der Waals surface area contributed by atoms with Crippen molar-refractivity contribution in [3.8, 4) is 0 Å². The quantitative estimate of drug-likeness (QED) is 0.644. The molecule has 1 N–H and O–H groups in total. The van der Waals surface area contributed by atoms with E-state index in [4.69, 9.17) is 17.0 Å². The summed E-state index contributed by atoms with van der Waals surface area (Å²) in [5.74, 6) is 0.0164. The summed E-state index contributed by atoms with van der Waals surface area (Å²) in [5.41, 5.74) is 1.07. The van der Waals surface area contributed by atoms with Gasteiger partial charge in [-0.05, 0) is 63.0 Å². The van der Waals surface area contributed by atoms with Crippen molar-refractivity contribution in [1.29, 1.82) is 0 Å². The SMILES string of the molecule is COCCCn1c(=S)[nH]c2cc(C(=O)N3CCCCC3C)ccc2c1=O. The van der Waals surface area contributed by atoms with E-state index in [1.54, 1.807) is 29.9 Å². The van der Waals surface area contributed by atoms with Crippen LogP contribution in [0.5, 0.6) is 0 Å². The maximum atomic E-state index is 12.9. The van der Waals surface area contributed by atoms with Crippen LogP contribution in [0.2, 0.25) is 0 Å². The van der Waals surface area contributed by atoms with E-state index in [1.165, 1.54) is 6.42 Å². The number of fused-ring (bicyclic) bond motifs is 1. The molecule has 0 bridgehead atoms. The minimum atomic E-state index is -0.134. The van der Waals surface area contributed by atoms with Gasteiger partial charge in [-0.15, -0.1) is 0 Å². The largest absolute Gasteiger partial charge is 0.385 e. The van der Waals surface area contributed by atoms with Crippen LogP contribution in [0.15, 0.2) is 23.0 Å². The molecule has 3 rings (SSSR count). The van der Waals surface area contributed by atoms with Gasteiger partial charge in [0.15, 0.2) is 4.77 Å². The molecular weight excluding hydrogens is 350 g/mol. The molecule has 26 heavy (non-hydrogen) atoms.